The highest BCUT2D eigenvalue weighted by Crippen LogP contribution is 2.17. The van der Waals surface area contributed by atoms with E-state index in [1.54, 1.807) is 0 Å². The Bertz CT molecular complexity index is 700. The molecule has 0 aliphatic rings. The number of hydrogen-bond acceptors (Lipinski definition) is 4. The molecule has 2 aromatic rings. The maximum atomic E-state index is 13.7. The Kier molecular flexibility index (Phi) is 3.75. The van der Waals surface area contributed by atoms with Crippen molar-refractivity contribution in [1.29, 1.82) is 0 Å². The molecule has 1 aromatic heterocycles. The molecule has 7 heteroatoms. The van der Waals surface area contributed by atoms with Crippen LogP contribution in [0.15, 0.2) is 39.6 Å². The largest absolute Gasteiger partial charge is 0.464 e. The number of aromatic nitrogens is 2. The first-order chi connectivity index (χ1) is 9.02. The lowest BCUT2D eigenvalue weighted by Crippen LogP contribution is -2.24. The minimum atomic E-state index is -0.704. The SMILES string of the molecule is COC(=O)c1ccc(=O)n(-c2cc(Br)ccc2F)n1. The van der Waals surface area contributed by atoms with Gasteiger partial charge in [0.25, 0.3) is 5.56 Å². The average Bonchev–Trinajstić information content (AvgIpc) is 2.41. The van der Waals surface area contributed by atoms with E-state index < -0.39 is 17.3 Å². The van der Waals surface area contributed by atoms with Gasteiger partial charge in [-0.25, -0.2) is 9.18 Å². The molecule has 0 radical (unpaired) electrons. The van der Waals surface area contributed by atoms with Crippen molar-refractivity contribution >= 4 is 21.9 Å². The first-order valence-electron chi connectivity index (χ1n) is 5.17. The maximum Gasteiger partial charge on any atom is 0.358 e. The van der Waals surface area contributed by atoms with E-state index >= 15 is 0 Å². The van der Waals surface area contributed by atoms with Crippen molar-refractivity contribution in [1.82, 2.24) is 9.78 Å². The third kappa shape index (κ3) is 2.70. The van der Waals surface area contributed by atoms with Gasteiger partial charge in [0.2, 0.25) is 0 Å². The molecule has 0 aliphatic heterocycles. The molecule has 0 saturated carbocycles. The van der Waals surface area contributed by atoms with Crippen LogP contribution in [0.3, 0.4) is 0 Å². The van der Waals surface area contributed by atoms with Crippen LogP contribution in [0.1, 0.15) is 10.5 Å². The van der Waals surface area contributed by atoms with Crippen molar-refractivity contribution in [2.24, 2.45) is 0 Å². The second-order valence-corrected chi connectivity index (χ2v) is 4.47. The fraction of sp³-hybridized carbons (Fsp3) is 0.0833. The van der Waals surface area contributed by atoms with Crippen molar-refractivity contribution < 1.29 is 13.9 Å². The molecule has 5 nitrogen and oxygen atoms in total. The van der Waals surface area contributed by atoms with Crippen molar-refractivity contribution in [2.75, 3.05) is 7.11 Å². The fourth-order valence-corrected chi connectivity index (χ4v) is 1.79. The lowest BCUT2D eigenvalue weighted by atomic mass is 10.3. The Balaban J connectivity index is 2.64. The lowest BCUT2D eigenvalue weighted by Gasteiger charge is -2.07. The molecule has 0 spiro atoms. The van der Waals surface area contributed by atoms with Crippen LogP contribution in [0.4, 0.5) is 4.39 Å². The maximum absolute atomic E-state index is 13.7. The first-order valence-corrected chi connectivity index (χ1v) is 5.96. The number of rotatable bonds is 2. The number of hydrogen-bond donors (Lipinski definition) is 0. The summed E-state index contributed by atoms with van der Waals surface area (Å²) in [4.78, 5) is 23.1. The van der Waals surface area contributed by atoms with Crippen molar-refractivity contribution in [2.45, 2.75) is 0 Å². The quantitative estimate of drug-likeness (QED) is 0.791. The normalized spacial score (nSPS) is 10.3. The highest BCUT2D eigenvalue weighted by molar-refractivity contribution is 9.10. The summed E-state index contributed by atoms with van der Waals surface area (Å²) in [5.74, 6) is -1.33. The lowest BCUT2D eigenvalue weighted by molar-refractivity contribution is 0.0591. The highest BCUT2D eigenvalue weighted by atomic mass is 79.9. The van der Waals surface area contributed by atoms with E-state index in [9.17, 15) is 14.0 Å². The van der Waals surface area contributed by atoms with Gasteiger partial charge < -0.3 is 4.74 Å². The van der Waals surface area contributed by atoms with E-state index in [1.807, 2.05) is 0 Å². The number of carbonyl (C=O) groups excluding carboxylic acids is 1. The Morgan fingerprint density at radius 2 is 2.11 bits per heavy atom. The first kappa shape index (κ1) is 13.4. The molecule has 98 valence electrons. The molecule has 0 saturated heterocycles. The molecule has 1 aromatic carbocycles. The van der Waals surface area contributed by atoms with Gasteiger partial charge in [-0.1, -0.05) is 15.9 Å². The number of carbonyl (C=O) groups is 1. The van der Waals surface area contributed by atoms with E-state index in [4.69, 9.17) is 0 Å². The van der Waals surface area contributed by atoms with E-state index in [2.05, 4.69) is 25.8 Å². The Hall–Kier alpha value is -2.02. The third-order valence-electron chi connectivity index (χ3n) is 2.33. The molecule has 0 aliphatic carbocycles. The van der Waals surface area contributed by atoms with E-state index in [-0.39, 0.29) is 11.4 Å². The second kappa shape index (κ2) is 5.31. The fourth-order valence-electron chi connectivity index (χ4n) is 1.45. The predicted molar refractivity (Wildman–Crippen MR) is 68.8 cm³/mol. The average molecular weight is 327 g/mol. The summed E-state index contributed by atoms with van der Waals surface area (Å²) in [7, 11) is 1.19. The van der Waals surface area contributed by atoms with E-state index in [1.165, 1.54) is 31.4 Å². The van der Waals surface area contributed by atoms with Crippen LogP contribution in [-0.4, -0.2) is 22.9 Å². The number of ether oxygens (including phenoxy) is 1. The molecule has 0 bridgehead atoms. The second-order valence-electron chi connectivity index (χ2n) is 3.56. The zero-order valence-corrected chi connectivity index (χ0v) is 11.3. The summed E-state index contributed by atoms with van der Waals surface area (Å²) >= 11 is 3.18. The van der Waals surface area contributed by atoms with Crippen LogP contribution >= 0.6 is 15.9 Å². The van der Waals surface area contributed by atoms with Crippen LogP contribution in [0.5, 0.6) is 0 Å². The molecule has 0 fully saturated rings. The van der Waals surface area contributed by atoms with Gasteiger partial charge in [0.15, 0.2) is 5.69 Å². The summed E-state index contributed by atoms with van der Waals surface area (Å²) in [6, 6.07) is 6.43. The smallest absolute Gasteiger partial charge is 0.358 e. The van der Waals surface area contributed by atoms with Gasteiger partial charge in [-0.05, 0) is 24.3 Å². The van der Waals surface area contributed by atoms with Crippen LogP contribution in [-0.2, 0) is 4.74 Å². The van der Waals surface area contributed by atoms with E-state index in [0.29, 0.717) is 4.47 Å². The van der Waals surface area contributed by atoms with Crippen molar-refractivity contribution in [3.05, 3.63) is 56.7 Å². The minimum absolute atomic E-state index is 0.0508. The minimum Gasteiger partial charge on any atom is -0.464 e. The van der Waals surface area contributed by atoms with E-state index in [0.717, 1.165) is 10.7 Å². The van der Waals surface area contributed by atoms with Gasteiger partial charge in [-0.2, -0.15) is 9.78 Å². The van der Waals surface area contributed by atoms with Crippen molar-refractivity contribution in [3.8, 4) is 5.69 Å². The van der Waals surface area contributed by atoms with Crippen LogP contribution in [0, 0.1) is 5.82 Å². The Morgan fingerprint density at radius 3 is 2.79 bits per heavy atom. The molecule has 1 heterocycles. The molecule has 2 rings (SSSR count). The number of esters is 1. The Morgan fingerprint density at radius 1 is 1.37 bits per heavy atom. The molecule has 0 atom stereocenters. The summed E-state index contributed by atoms with van der Waals surface area (Å²) in [5.41, 5.74) is -0.684. The topological polar surface area (TPSA) is 61.2 Å². The third-order valence-corrected chi connectivity index (χ3v) is 2.82. The van der Waals surface area contributed by atoms with Gasteiger partial charge >= 0.3 is 5.97 Å². The van der Waals surface area contributed by atoms with Gasteiger partial charge in [0.05, 0.1) is 7.11 Å². The monoisotopic (exact) mass is 326 g/mol. The van der Waals surface area contributed by atoms with Crippen molar-refractivity contribution in [3.63, 3.8) is 0 Å². The standard InChI is InChI=1S/C12H8BrFN2O3/c1-19-12(18)9-4-5-11(17)16(15-9)10-6-7(13)2-3-8(10)14/h2-6H,1H3. The number of nitrogens with zero attached hydrogens (tertiary/aromatic N) is 2. The molecule has 0 unspecified atom stereocenters. The van der Waals surface area contributed by atoms with Gasteiger partial charge in [-0.15, -0.1) is 0 Å². The Labute approximate surface area is 115 Å². The zero-order valence-electron chi connectivity index (χ0n) is 9.76. The van der Waals surface area contributed by atoms with Crippen LogP contribution < -0.4 is 5.56 Å². The predicted octanol–water partition coefficient (Wildman–Crippen LogP) is 1.92. The van der Waals surface area contributed by atoms with Crippen LogP contribution in [0.2, 0.25) is 0 Å². The van der Waals surface area contributed by atoms with Gasteiger partial charge in [-0.3, -0.25) is 4.79 Å². The number of methoxy groups -OCH3 is 1. The number of benzene rings is 1. The summed E-state index contributed by atoms with van der Waals surface area (Å²) in [6.45, 7) is 0. The van der Waals surface area contributed by atoms with Gasteiger partial charge in [0.1, 0.15) is 11.5 Å². The molecule has 19 heavy (non-hydrogen) atoms. The molecule has 0 N–H and O–H groups in total. The number of halogens is 2. The van der Waals surface area contributed by atoms with Crippen LogP contribution in [0.25, 0.3) is 5.69 Å². The zero-order chi connectivity index (χ0) is 14.0. The molecular formula is C12H8BrFN2O3. The summed E-state index contributed by atoms with van der Waals surface area (Å²) in [5, 5.41) is 3.78. The summed E-state index contributed by atoms with van der Waals surface area (Å²) in [6.07, 6.45) is 0. The van der Waals surface area contributed by atoms with Gasteiger partial charge in [0, 0.05) is 10.5 Å². The molecule has 0 amide bonds. The summed E-state index contributed by atoms with van der Waals surface area (Å²) < 4.78 is 19.6. The molecular weight excluding hydrogens is 319 g/mol. The highest BCUT2D eigenvalue weighted by Gasteiger charge is 2.13.